The Bertz CT molecular complexity index is 476. The second kappa shape index (κ2) is 7.10. The van der Waals surface area contributed by atoms with Crippen LogP contribution in [0, 0.1) is 5.92 Å². The van der Waals surface area contributed by atoms with Crippen LogP contribution >= 0.6 is 0 Å². The predicted molar refractivity (Wildman–Crippen MR) is 79.1 cm³/mol. The minimum atomic E-state index is 0.669. The highest BCUT2D eigenvalue weighted by Crippen LogP contribution is 2.14. The molecule has 0 bridgehead atoms. The molecule has 1 heterocycles. The Hall–Kier alpha value is -1.61. The van der Waals surface area contributed by atoms with Crippen molar-refractivity contribution >= 4 is 0 Å². The fraction of sp³-hybridized carbons (Fsp3) is 0.438. The predicted octanol–water partition coefficient (Wildman–Crippen LogP) is 2.43. The van der Waals surface area contributed by atoms with Gasteiger partial charge in [-0.25, -0.2) is 0 Å². The van der Waals surface area contributed by atoms with Crippen molar-refractivity contribution in [1.82, 2.24) is 15.1 Å². The van der Waals surface area contributed by atoms with Crippen molar-refractivity contribution in [2.45, 2.75) is 19.3 Å². The van der Waals surface area contributed by atoms with Gasteiger partial charge in [0.05, 0.1) is 0 Å². The van der Waals surface area contributed by atoms with Gasteiger partial charge in [-0.2, -0.15) is 5.10 Å². The lowest BCUT2D eigenvalue weighted by atomic mass is 9.94. The number of aryl methyl sites for hydroxylation is 2. The zero-order valence-corrected chi connectivity index (χ0v) is 11.8. The zero-order valence-electron chi connectivity index (χ0n) is 11.8. The van der Waals surface area contributed by atoms with Gasteiger partial charge in [0.15, 0.2) is 0 Å². The van der Waals surface area contributed by atoms with Crippen molar-refractivity contribution < 1.29 is 0 Å². The van der Waals surface area contributed by atoms with E-state index in [9.17, 15) is 0 Å². The third-order valence-electron chi connectivity index (χ3n) is 3.59. The van der Waals surface area contributed by atoms with Gasteiger partial charge in [0, 0.05) is 18.9 Å². The highest BCUT2D eigenvalue weighted by molar-refractivity contribution is 5.15. The molecule has 19 heavy (non-hydrogen) atoms. The molecule has 3 heteroatoms. The van der Waals surface area contributed by atoms with Gasteiger partial charge < -0.3 is 5.32 Å². The summed E-state index contributed by atoms with van der Waals surface area (Å²) in [5.41, 5.74) is 2.74. The third-order valence-corrected chi connectivity index (χ3v) is 3.59. The van der Waals surface area contributed by atoms with Gasteiger partial charge in [0.25, 0.3) is 0 Å². The molecule has 1 atom stereocenters. The first-order chi connectivity index (χ1) is 9.29. The van der Waals surface area contributed by atoms with Crippen molar-refractivity contribution in [3.05, 3.63) is 53.9 Å². The molecule has 0 radical (unpaired) electrons. The van der Waals surface area contributed by atoms with E-state index in [1.54, 1.807) is 0 Å². The largest absolute Gasteiger partial charge is 0.319 e. The van der Waals surface area contributed by atoms with Gasteiger partial charge in [0.1, 0.15) is 0 Å². The monoisotopic (exact) mass is 257 g/mol. The topological polar surface area (TPSA) is 29.9 Å². The van der Waals surface area contributed by atoms with Crippen LogP contribution in [0.5, 0.6) is 0 Å². The van der Waals surface area contributed by atoms with Crippen molar-refractivity contribution in [2.75, 3.05) is 13.6 Å². The summed E-state index contributed by atoms with van der Waals surface area (Å²) in [7, 11) is 4.04. The molecule has 0 amide bonds. The van der Waals surface area contributed by atoms with Crippen LogP contribution in [0.15, 0.2) is 42.6 Å². The van der Waals surface area contributed by atoms with E-state index in [0.29, 0.717) is 5.92 Å². The Morgan fingerprint density at radius 3 is 2.63 bits per heavy atom. The third kappa shape index (κ3) is 4.21. The minimum Gasteiger partial charge on any atom is -0.319 e. The number of rotatable bonds is 7. The van der Waals surface area contributed by atoms with Gasteiger partial charge in [-0.1, -0.05) is 30.3 Å². The Morgan fingerprint density at radius 2 is 2.00 bits per heavy atom. The lowest BCUT2D eigenvalue weighted by Gasteiger charge is -2.16. The number of nitrogens with one attached hydrogen (secondary N) is 1. The zero-order chi connectivity index (χ0) is 13.5. The number of hydrogen-bond donors (Lipinski definition) is 1. The highest BCUT2D eigenvalue weighted by Gasteiger charge is 2.10. The molecule has 1 unspecified atom stereocenters. The smallest absolute Gasteiger partial charge is 0.0492 e. The number of aromatic nitrogens is 2. The molecule has 1 aromatic heterocycles. The standard InChI is InChI=1S/C16H23N3/c1-17-13-15(12-14-6-4-3-5-7-14)8-9-16-10-11-18-19(16)2/h3-7,10-11,15,17H,8-9,12-13H2,1-2H3. The minimum absolute atomic E-state index is 0.669. The first-order valence-corrected chi connectivity index (χ1v) is 6.95. The van der Waals surface area contributed by atoms with E-state index in [4.69, 9.17) is 0 Å². The van der Waals surface area contributed by atoms with E-state index >= 15 is 0 Å². The Labute approximate surface area is 115 Å². The van der Waals surface area contributed by atoms with E-state index in [-0.39, 0.29) is 0 Å². The van der Waals surface area contributed by atoms with E-state index in [1.165, 1.54) is 17.7 Å². The lowest BCUT2D eigenvalue weighted by Crippen LogP contribution is -2.21. The molecule has 3 nitrogen and oxygen atoms in total. The van der Waals surface area contributed by atoms with Crippen molar-refractivity contribution in [2.24, 2.45) is 13.0 Å². The molecule has 0 saturated heterocycles. The molecule has 1 aromatic carbocycles. The molecule has 2 rings (SSSR count). The second-order valence-electron chi connectivity index (χ2n) is 5.10. The van der Waals surface area contributed by atoms with Gasteiger partial charge in [-0.05, 0) is 50.4 Å². The van der Waals surface area contributed by atoms with Crippen LogP contribution in [0.2, 0.25) is 0 Å². The summed E-state index contributed by atoms with van der Waals surface area (Å²) >= 11 is 0. The summed E-state index contributed by atoms with van der Waals surface area (Å²) in [6, 6.07) is 12.9. The van der Waals surface area contributed by atoms with Gasteiger partial charge >= 0.3 is 0 Å². The van der Waals surface area contributed by atoms with E-state index < -0.39 is 0 Å². The number of hydrogen-bond acceptors (Lipinski definition) is 2. The Kier molecular flexibility index (Phi) is 5.16. The molecular formula is C16H23N3. The molecule has 0 aliphatic carbocycles. The molecule has 0 aliphatic heterocycles. The molecule has 102 valence electrons. The van der Waals surface area contributed by atoms with Gasteiger partial charge in [-0.15, -0.1) is 0 Å². The molecule has 0 spiro atoms. The summed E-state index contributed by atoms with van der Waals surface area (Å²) in [6.45, 7) is 1.06. The molecule has 0 aliphatic rings. The van der Waals surface area contributed by atoms with Crippen LogP contribution in [0.25, 0.3) is 0 Å². The number of nitrogens with zero attached hydrogens (tertiary/aromatic N) is 2. The molecular weight excluding hydrogens is 234 g/mol. The van der Waals surface area contributed by atoms with Crippen LogP contribution in [-0.2, 0) is 19.9 Å². The Balaban J connectivity index is 1.91. The van der Waals surface area contributed by atoms with E-state index in [1.807, 2.05) is 25.0 Å². The van der Waals surface area contributed by atoms with Crippen molar-refractivity contribution in [3.8, 4) is 0 Å². The molecule has 0 saturated carbocycles. The maximum Gasteiger partial charge on any atom is 0.0492 e. The van der Waals surface area contributed by atoms with Crippen LogP contribution in [0.1, 0.15) is 17.7 Å². The Morgan fingerprint density at radius 1 is 1.21 bits per heavy atom. The van der Waals surface area contributed by atoms with E-state index in [0.717, 1.165) is 19.4 Å². The first-order valence-electron chi connectivity index (χ1n) is 6.95. The van der Waals surface area contributed by atoms with Crippen molar-refractivity contribution in [3.63, 3.8) is 0 Å². The normalized spacial score (nSPS) is 12.5. The SMILES string of the molecule is CNCC(CCc1ccnn1C)Cc1ccccc1. The summed E-state index contributed by atoms with van der Waals surface area (Å²) in [5.74, 6) is 0.669. The van der Waals surface area contributed by atoms with Crippen LogP contribution < -0.4 is 5.32 Å². The average Bonchev–Trinajstić information content (AvgIpc) is 2.83. The van der Waals surface area contributed by atoms with Crippen LogP contribution in [0.4, 0.5) is 0 Å². The summed E-state index contributed by atoms with van der Waals surface area (Å²) in [5, 5.41) is 7.54. The maximum atomic E-state index is 4.23. The van der Waals surface area contributed by atoms with Gasteiger partial charge in [0.2, 0.25) is 0 Å². The second-order valence-corrected chi connectivity index (χ2v) is 5.10. The van der Waals surface area contributed by atoms with Crippen molar-refractivity contribution in [1.29, 1.82) is 0 Å². The van der Waals surface area contributed by atoms with E-state index in [2.05, 4.69) is 46.8 Å². The molecule has 1 N–H and O–H groups in total. The maximum absolute atomic E-state index is 4.23. The lowest BCUT2D eigenvalue weighted by molar-refractivity contribution is 0.454. The number of benzene rings is 1. The highest BCUT2D eigenvalue weighted by atomic mass is 15.2. The average molecular weight is 257 g/mol. The summed E-state index contributed by atoms with van der Waals surface area (Å²) in [4.78, 5) is 0. The fourth-order valence-corrected chi connectivity index (χ4v) is 2.51. The first kappa shape index (κ1) is 13.8. The van der Waals surface area contributed by atoms with Crippen LogP contribution in [0.3, 0.4) is 0 Å². The molecule has 0 fully saturated rings. The van der Waals surface area contributed by atoms with Gasteiger partial charge in [-0.3, -0.25) is 4.68 Å². The fourth-order valence-electron chi connectivity index (χ4n) is 2.51. The molecule has 2 aromatic rings. The van der Waals surface area contributed by atoms with Crippen LogP contribution in [-0.4, -0.2) is 23.4 Å². The summed E-state index contributed by atoms with van der Waals surface area (Å²) < 4.78 is 1.97. The summed E-state index contributed by atoms with van der Waals surface area (Å²) in [6.07, 6.45) is 5.30. The quantitative estimate of drug-likeness (QED) is 0.825.